The monoisotopic (exact) mass is 428 g/mol. The van der Waals surface area contributed by atoms with Crippen molar-refractivity contribution in [2.24, 2.45) is 5.92 Å². The summed E-state index contributed by atoms with van der Waals surface area (Å²) in [4.78, 5) is 17.1. The molecule has 7 nitrogen and oxygen atoms in total. The number of furan rings is 1. The van der Waals surface area contributed by atoms with Crippen molar-refractivity contribution >= 4 is 17.2 Å². The number of amides is 1. The number of ether oxygens (including phenoxy) is 1. The fourth-order valence-corrected chi connectivity index (χ4v) is 4.44. The zero-order chi connectivity index (χ0) is 21.1. The van der Waals surface area contributed by atoms with Crippen LogP contribution in [0.2, 0.25) is 0 Å². The van der Waals surface area contributed by atoms with E-state index in [-0.39, 0.29) is 17.9 Å². The Morgan fingerprint density at radius 2 is 2.13 bits per heavy atom. The number of nitrogens with zero attached hydrogens (tertiary/aromatic N) is 3. The third-order valence-corrected chi connectivity index (χ3v) is 6.14. The standard InChI is InChI=1S/C22H28N4O3S/c1-22(2,3)26-20(18-5-4-8-29-18)17(13-24-26)21-25-16(14-30-21)11-19(27)23-12-15-6-9-28-10-7-15/h4-5,8,13-15H,6-7,9-12H2,1-3H3,(H,23,27). The van der Waals surface area contributed by atoms with Crippen LogP contribution in [0, 0.1) is 5.92 Å². The first-order chi connectivity index (χ1) is 14.4. The van der Waals surface area contributed by atoms with Crippen LogP contribution in [-0.2, 0) is 21.5 Å². The molecule has 0 atom stereocenters. The van der Waals surface area contributed by atoms with E-state index in [9.17, 15) is 4.79 Å². The van der Waals surface area contributed by atoms with E-state index in [1.165, 1.54) is 11.3 Å². The number of hydrogen-bond donors (Lipinski definition) is 1. The Morgan fingerprint density at radius 1 is 1.33 bits per heavy atom. The topological polar surface area (TPSA) is 82.2 Å². The van der Waals surface area contributed by atoms with E-state index in [1.54, 1.807) is 6.26 Å². The van der Waals surface area contributed by atoms with E-state index in [4.69, 9.17) is 14.1 Å². The second-order valence-corrected chi connectivity index (χ2v) is 9.51. The van der Waals surface area contributed by atoms with E-state index in [1.807, 2.05) is 28.4 Å². The third-order valence-electron chi connectivity index (χ3n) is 5.21. The van der Waals surface area contributed by atoms with Crippen molar-refractivity contribution in [1.82, 2.24) is 20.1 Å². The molecule has 0 unspecified atom stereocenters. The molecule has 1 fully saturated rings. The van der Waals surface area contributed by atoms with Crippen LogP contribution in [0.4, 0.5) is 0 Å². The molecule has 0 saturated carbocycles. The predicted octanol–water partition coefficient (Wildman–Crippen LogP) is 4.11. The lowest BCUT2D eigenvalue weighted by atomic mass is 10.0. The fourth-order valence-electron chi connectivity index (χ4n) is 3.61. The molecule has 3 aromatic heterocycles. The molecule has 1 saturated heterocycles. The summed E-state index contributed by atoms with van der Waals surface area (Å²) >= 11 is 1.52. The van der Waals surface area contributed by atoms with Gasteiger partial charge < -0.3 is 14.5 Å². The van der Waals surface area contributed by atoms with Crippen molar-refractivity contribution in [3.05, 3.63) is 35.7 Å². The Bertz CT molecular complexity index is 979. The van der Waals surface area contributed by atoms with Gasteiger partial charge in [0.1, 0.15) is 10.7 Å². The molecule has 0 radical (unpaired) electrons. The van der Waals surface area contributed by atoms with Gasteiger partial charge >= 0.3 is 0 Å². The number of carbonyl (C=O) groups excluding carboxylic acids is 1. The van der Waals surface area contributed by atoms with Crippen LogP contribution in [0.15, 0.2) is 34.4 Å². The van der Waals surface area contributed by atoms with Crippen molar-refractivity contribution in [3.63, 3.8) is 0 Å². The van der Waals surface area contributed by atoms with Gasteiger partial charge in [-0.05, 0) is 51.7 Å². The zero-order valence-corrected chi connectivity index (χ0v) is 18.5. The van der Waals surface area contributed by atoms with Gasteiger partial charge in [-0.1, -0.05) is 0 Å². The number of nitrogens with one attached hydrogen (secondary N) is 1. The smallest absolute Gasteiger partial charge is 0.226 e. The van der Waals surface area contributed by atoms with Gasteiger partial charge in [0.15, 0.2) is 5.76 Å². The predicted molar refractivity (Wildman–Crippen MR) is 116 cm³/mol. The van der Waals surface area contributed by atoms with Crippen LogP contribution < -0.4 is 5.32 Å². The maximum absolute atomic E-state index is 12.4. The Kier molecular flexibility index (Phi) is 6.06. The second-order valence-electron chi connectivity index (χ2n) is 8.65. The number of carbonyl (C=O) groups is 1. The highest BCUT2D eigenvalue weighted by Gasteiger charge is 2.26. The van der Waals surface area contributed by atoms with Gasteiger partial charge in [-0.2, -0.15) is 5.10 Å². The van der Waals surface area contributed by atoms with Crippen LogP contribution >= 0.6 is 11.3 Å². The highest BCUT2D eigenvalue weighted by Crippen LogP contribution is 2.36. The van der Waals surface area contributed by atoms with Crippen LogP contribution in [0.5, 0.6) is 0 Å². The Labute approximate surface area is 180 Å². The van der Waals surface area contributed by atoms with E-state index in [2.05, 4.69) is 31.2 Å². The molecule has 30 heavy (non-hydrogen) atoms. The van der Waals surface area contributed by atoms with Gasteiger partial charge in [-0.15, -0.1) is 11.3 Å². The van der Waals surface area contributed by atoms with E-state index >= 15 is 0 Å². The van der Waals surface area contributed by atoms with Crippen LogP contribution in [0.3, 0.4) is 0 Å². The normalized spacial score (nSPS) is 15.4. The maximum Gasteiger partial charge on any atom is 0.226 e. The lowest BCUT2D eigenvalue weighted by molar-refractivity contribution is -0.120. The molecular weight excluding hydrogens is 400 g/mol. The number of rotatable bonds is 6. The first-order valence-corrected chi connectivity index (χ1v) is 11.2. The van der Waals surface area contributed by atoms with Crippen molar-refractivity contribution in [3.8, 4) is 22.0 Å². The Hall–Kier alpha value is -2.45. The average molecular weight is 429 g/mol. The average Bonchev–Trinajstić information content (AvgIpc) is 3.45. The Balaban J connectivity index is 1.49. The summed E-state index contributed by atoms with van der Waals surface area (Å²) in [5.74, 6) is 1.27. The molecule has 1 aliphatic rings. The summed E-state index contributed by atoms with van der Waals surface area (Å²) in [6.45, 7) is 8.59. The lowest BCUT2D eigenvalue weighted by Gasteiger charge is -2.22. The van der Waals surface area contributed by atoms with Crippen LogP contribution in [-0.4, -0.2) is 40.4 Å². The minimum atomic E-state index is -0.204. The molecule has 8 heteroatoms. The summed E-state index contributed by atoms with van der Waals surface area (Å²) in [5.41, 5.74) is 2.38. The lowest BCUT2D eigenvalue weighted by Crippen LogP contribution is -2.33. The van der Waals surface area contributed by atoms with E-state index in [0.717, 1.165) is 53.8 Å². The molecule has 160 valence electrons. The van der Waals surface area contributed by atoms with Gasteiger partial charge in [0.25, 0.3) is 0 Å². The van der Waals surface area contributed by atoms with Gasteiger partial charge in [-0.3, -0.25) is 9.48 Å². The number of aromatic nitrogens is 3. The molecule has 1 amide bonds. The Morgan fingerprint density at radius 3 is 2.83 bits per heavy atom. The molecule has 1 aliphatic heterocycles. The van der Waals surface area contributed by atoms with Crippen molar-refractivity contribution in [2.75, 3.05) is 19.8 Å². The van der Waals surface area contributed by atoms with E-state index in [0.29, 0.717) is 12.5 Å². The fraction of sp³-hybridized carbons (Fsp3) is 0.500. The van der Waals surface area contributed by atoms with Crippen molar-refractivity contribution in [1.29, 1.82) is 0 Å². The summed E-state index contributed by atoms with van der Waals surface area (Å²) in [5, 5.41) is 10.4. The SMILES string of the molecule is CC(C)(C)n1ncc(-c2nc(CC(=O)NCC3CCOCC3)cs2)c1-c1ccco1. The van der Waals surface area contributed by atoms with Crippen molar-refractivity contribution < 1.29 is 13.9 Å². The summed E-state index contributed by atoms with van der Waals surface area (Å²) < 4.78 is 13.0. The van der Waals surface area contributed by atoms with Crippen LogP contribution in [0.25, 0.3) is 22.0 Å². The molecule has 3 aromatic rings. The van der Waals surface area contributed by atoms with Crippen LogP contribution in [0.1, 0.15) is 39.3 Å². The molecular formula is C22H28N4O3S. The van der Waals surface area contributed by atoms with E-state index < -0.39 is 0 Å². The molecule has 4 heterocycles. The highest BCUT2D eigenvalue weighted by atomic mass is 32.1. The maximum atomic E-state index is 12.4. The van der Waals surface area contributed by atoms with Gasteiger partial charge in [0, 0.05) is 25.1 Å². The molecule has 4 rings (SSSR count). The number of thiazole rings is 1. The highest BCUT2D eigenvalue weighted by molar-refractivity contribution is 7.13. The van der Waals surface area contributed by atoms with Gasteiger partial charge in [0.2, 0.25) is 5.91 Å². The first kappa shape index (κ1) is 20.8. The summed E-state index contributed by atoms with van der Waals surface area (Å²) in [6, 6.07) is 3.80. The second kappa shape index (κ2) is 8.73. The summed E-state index contributed by atoms with van der Waals surface area (Å²) in [6.07, 6.45) is 5.79. The molecule has 0 spiro atoms. The summed E-state index contributed by atoms with van der Waals surface area (Å²) in [7, 11) is 0. The molecule has 0 aliphatic carbocycles. The minimum absolute atomic E-state index is 0.00925. The molecule has 1 N–H and O–H groups in total. The van der Waals surface area contributed by atoms with Gasteiger partial charge in [0.05, 0.1) is 35.7 Å². The minimum Gasteiger partial charge on any atom is -0.463 e. The zero-order valence-electron chi connectivity index (χ0n) is 17.7. The van der Waals surface area contributed by atoms with Gasteiger partial charge in [-0.25, -0.2) is 4.98 Å². The third kappa shape index (κ3) is 4.65. The molecule has 0 aromatic carbocycles. The largest absolute Gasteiger partial charge is 0.463 e. The van der Waals surface area contributed by atoms with Crippen molar-refractivity contribution in [2.45, 2.75) is 45.6 Å². The number of hydrogen-bond acceptors (Lipinski definition) is 6. The molecule has 0 bridgehead atoms. The quantitative estimate of drug-likeness (QED) is 0.639. The first-order valence-electron chi connectivity index (χ1n) is 10.3.